The van der Waals surface area contributed by atoms with E-state index in [1.807, 2.05) is 91.0 Å². The molecule has 9 nitrogen and oxygen atoms in total. The van der Waals surface area contributed by atoms with E-state index in [-0.39, 0.29) is 18.7 Å². The van der Waals surface area contributed by atoms with Gasteiger partial charge in [-0.05, 0) is 29.2 Å². The predicted molar refractivity (Wildman–Crippen MR) is 157 cm³/mol. The summed E-state index contributed by atoms with van der Waals surface area (Å²) in [7, 11) is 0. The molecular formula is C33H31N3O6. The third kappa shape index (κ3) is 6.20. The maximum absolute atomic E-state index is 14.7. The van der Waals surface area contributed by atoms with E-state index >= 15 is 0 Å². The van der Waals surface area contributed by atoms with Crippen molar-refractivity contribution in [2.75, 3.05) is 6.61 Å². The Hall–Kier alpha value is -5.31. The third-order valence-electron chi connectivity index (χ3n) is 7.18. The number of nitrogens with one attached hydrogen (secondary N) is 1. The molecular weight excluding hydrogens is 534 g/mol. The first-order chi connectivity index (χ1) is 20.3. The molecule has 3 N–H and O–H groups in total. The number of benzene rings is 4. The number of nitro benzene ring substituents is 1. The minimum Gasteiger partial charge on any atom is -0.466 e. The first-order valence-corrected chi connectivity index (χ1v) is 13.5. The average Bonchev–Trinajstić information content (AvgIpc) is 3.01. The number of nitro groups is 1. The van der Waals surface area contributed by atoms with Crippen molar-refractivity contribution in [2.24, 2.45) is 5.73 Å². The van der Waals surface area contributed by atoms with Crippen LogP contribution in [0.4, 0.5) is 5.69 Å². The van der Waals surface area contributed by atoms with Crippen LogP contribution in [0.1, 0.15) is 41.5 Å². The quantitative estimate of drug-likeness (QED) is 0.111. The molecule has 0 aromatic heterocycles. The lowest BCUT2D eigenvalue weighted by atomic mass is 9.68. The fourth-order valence-corrected chi connectivity index (χ4v) is 5.25. The molecule has 0 heterocycles. The summed E-state index contributed by atoms with van der Waals surface area (Å²) in [6, 6.07) is 31.6. The molecule has 0 radical (unpaired) electrons. The smallest absolute Gasteiger partial charge is 0.306 e. The van der Waals surface area contributed by atoms with Gasteiger partial charge in [0.05, 0.1) is 18.0 Å². The molecule has 0 bridgehead atoms. The zero-order valence-electron chi connectivity index (χ0n) is 23.0. The van der Waals surface area contributed by atoms with Gasteiger partial charge in [-0.3, -0.25) is 24.5 Å². The highest BCUT2D eigenvalue weighted by molar-refractivity contribution is 5.99. The lowest BCUT2D eigenvalue weighted by Gasteiger charge is -2.36. The van der Waals surface area contributed by atoms with Gasteiger partial charge < -0.3 is 15.8 Å². The average molecular weight is 566 g/mol. The number of hydrogen-bond acceptors (Lipinski definition) is 6. The van der Waals surface area contributed by atoms with E-state index < -0.39 is 40.1 Å². The van der Waals surface area contributed by atoms with E-state index in [2.05, 4.69) is 5.32 Å². The Morgan fingerprint density at radius 3 is 1.64 bits per heavy atom. The van der Waals surface area contributed by atoms with Crippen molar-refractivity contribution >= 4 is 23.5 Å². The van der Waals surface area contributed by atoms with Gasteiger partial charge in [0.15, 0.2) is 0 Å². The van der Waals surface area contributed by atoms with Gasteiger partial charge in [0.25, 0.3) is 5.69 Å². The number of hydrogen-bond donors (Lipinski definition) is 2. The standard InChI is InChI=1S/C33H31N3O6/c1-2-42-29(37)22-28(23-18-20-27(21-19-23)36(40)41)30(31(34)38)35-32(39)33(24-12-6-3-7-13-24,25-14-8-4-9-15-25)26-16-10-5-11-17-26/h3-21,28,30H,2,22H2,1H3,(H2,34,38)(H,35,39)/t28-,30+/m1/s1. The number of rotatable bonds is 12. The SMILES string of the molecule is CCOC(=O)C[C@H](c1ccc([N+](=O)[O-])cc1)[C@H](NC(=O)C(c1ccccc1)(c1ccccc1)c1ccccc1)C(N)=O. The van der Waals surface area contributed by atoms with Crippen molar-refractivity contribution in [3.05, 3.63) is 148 Å². The van der Waals surface area contributed by atoms with Crippen LogP contribution in [0.5, 0.6) is 0 Å². The molecule has 214 valence electrons. The van der Waals surface area contributed by atoms with Gasteiger partial charge >= 0.3 is 5.97 Å². The zero-order chi connectivity index (χ0) is 30.1. The second-order valence-electron chi connectivity index (χ2n) is 9.67. The molecule has 9 heteroatoms. The first kappa shape index (κ1) is 29.7. The van der Waals surface area contributed by atoms with Crippen molar-refractivity contribution in [3.63, 3.8) is 0 Å². The normalized spacial score (nSPS) is 12.5. The molecule has 0 aliphatic heterocycles. The van der Waals surface area contributed by atoms with Crippen molar-refractivity contribution < 1.29 is 24.0 Å². The minimum absolute atomic E-state index is 0.110. The predicted octanol–water partition coefficient (Wildman–Crippen LogP) is 4.64. The van der Waals surface area contributed by atoms with Crippen LogP contribution in [0.15, 0.2) is 115 Å². The lowest BCUT2D eigenvalue weighted by molar-refractivity contribution is -0.384. The van der Waals surface area contributed by atoms with Crippen LogP contribution in [-0.4, -0.2) is 35.4 Å². The van der Waals surface area contributed by atoms with Crippen LogP contribution < -0.4 is 11.1 Å². The van der Waals surface area contributed by atoms with Crippen LogP contribution >= 0.6 is 0 Å². The number of amides is 2. The van der Waals surface area contributed by atoms with E-state index in [1.54, 1.807) is 6.92 Å². The fraction of sp³-hybridized carbons (Fsp3) is 0.182. The summed E-state index contributed by atoms with van der Waals surface area (Å²) in [6.45, 7) is 1.76. The molecule has 2 atom stereocenters. The molecule has 2 amide bonds. The largest absolute Gasteiger partial charge is 0.466 e. The second kappa shape index (κ2) is 13.4. The Bertz CT molecular complexity index is 1430. The van der Waals surface area contributed by atoms with Gasteiger partial charge in [0.2, 0.25) is 11.8 Å². The van der Waals surface area contributed by atoms with E-state index in [0.29, 0.717) is 22.3 Å². The van der Waals surface area contributed by atoms with E-state index in [9.17, 15) is 24.5 Å². The Kier molecular flexibility index (Phi) is 9.44. The van der Waals surface area contributed by atoms with Crippen molar-refractivity contribution in [1.29, 1.82) is 0 Å². The maximum atomic E-state index is 14.7. The van der Waals surface area contributed by atoms with Crippen LogP contribution in [0.3, 0.4) is 0 Å². The van der Waals surface area contributed by atoms with Crippen LogP contribution in [0.25, 0.3) is 0 Å². The van der Waals surface area contributed by atoms with Crippen LogP contribution in [0, 0.1) is 10.1 Å². The van der Waals surface area contributed by atoms with Crippen molar-refractivity contribution in [1.82, 2.24) is 5.32 Å². The minimum atomic E-state index is -1.40. The van der Waals surface area contributed by atoms with E-state index in [0.717, 1.165) is 0 Å². The number of carbonyl (C=O) groups is 3. The Morgan fingerprint density at radius 2 is 1.26 bits per heavy atom. The lowest BCUT2D eigenvalue weighted by Crippen LogP contribution is -2.55. The third-order valence-corrected chi connectivity index (χ3v) is 7.18. The summed E-state index contributed by atoms with van der Waals surface area (Å²) >= 11 is 0. The molecule has 4 rings (SSSR count). The van der Waals surface area contributed by atoms with Crippen molar-refractivity contribution in [3.8, 4) is 0 Å². The van der Waals surface area contributed by atoms with Gasteiger partial charge in [-0.25, -0.2) is 0 Å². The monoisotopic (exact) mass is 565 g/mol. The highest BCUT2D eigenvalue weighted by atomic mass is 16.6. The second-order valence-corrected chi connectivity index (χ2v) is 9.67. The summed E-state index contributed by atoms with van der Waals surface area (Å²) in [5, 5.41) is 14.1. The summed E-state index contributed by atoms with van der Waals surface area (Å²) in [6.07, 6.45) is -0.297. The number of non-ortho nitro benzene ring substituents is 1. The number of carbonyl (C=O) groups excluding carboxylic acids is 3. The number of nitrogens with two attached hydrogens (primary N) is 1. The molecule has 0 saturated heterocycles. The summed E-state index contributed by atoms with van der Waals surface area (Å²) in [5.74, 6) is -2.99. The van der Waals surface area contributed by atoms with Crippen LogP contribution in [0.2, 0.25) is 0 Å². The van der Waals surface area contributed by atoms with Gasteiger partial charge in [0.1, 0.15) is 11.5 Å². The molecule has 0 aliphatic rings. The van der Waals surface area contributed by atoms with Gasteiger partial charge in [0, 0.05) is 18.1 Å². The van der Waals surface area contributed by atoms with Gasteiger partial charge in [-0.2, -0.15) is 0 Å². The molecule has 0 fully saturated rings. The Labute approximate surface area is 243 Å². The topological polar surface area (TPSA) is 142 Å². The molecule has 0 saturated carbocycles. The molecule has 4 aromatic rings. The van der Waals surface area contributed by atoms with E-state index in [4.69, 9.17) is 10.5 Å². The maximum Gasteiger partial charge on any atom is 0.306 e. The number of nitrogens with zero attached hydrogens (tertiary/aromatic N) is 1. The Morgan fingerprint density at radius 1 is 0.810 bits per heavy atom. The Balaban J connectivity index is 1.87. The van der Waals surface area contributed by atoms with Crippen molar-refractivity contribution in [2.45, 2.75) is 30.7 Å². The highest BCUT2D eigenvalue weighted by Crippen LogP contribution is 2.40. The van der Waals surface area contributed by atoms with Gasteiger partial charge in [-0.15, -0.1) is 0 Å². The molecule has 0 aliphatic carbocycles. The summed E-state index contributed by atoms with van der Waals surface area (Å²) < 4.78 is 5.15. The summed E-state index contributed by atoms with van der Waals surface area (Å²) in [4.78, 5) is 51.2. The number of esters is 1. The van der Waals surface area contributed by atoms with Gasteiger partial charge in [-0.1, -0.05) is 103 Å². The zero-order valence-corrected chi connectivity index (χ0v) is 23.0. The number of primary amides is 1. The highest BCUT2D eigenvalue weighted by Gasteiger charge is 2.46. The summed E-state index contributed by atoms with van der Waals surface area (Å²) in [5.41, 5.74) is 6.70. The first-order valence-electron chi connectivity index (χ1n) is 13.5. The molecule has 4 aromatic carbocycles. The molecule has 0 spiro atoms. The molecule has 42 heavy (non-hydrogen) atoms. The van der Waals surface area contributed by atoms with E-state index in [1.165, 1.54) is 24.3 Å². The number of ether oxygens (including phenoxy) is 1. The van der Waals surface area contributed by atoms with Crippen LogP contribution in [-0.2, 0) is 24.5 Å². The fourth-order valence-electron chi connectivity index (χ4n) is 5.25. The molecule has 0 unspecified atom stereocenters.